The lowest BCUT2D eigenvalue weighted by Gasteiger charge is -2.44. The van der Waals surface area contributed by atoms with Crippen LogP contribution in [-0.2, 0) is 23.7 Å². The molecule has 3 aliphatic rings. The molecule has 2 heterocycles. The molecule has 12 nitrogen and oxygen atoms in total. The molecule has 11 atom stereocenters. The van der Waals surface area contributed by atoms with Gasteiger partial charge in [0, 0.05) is 12.0 Å². The molecule has 1 aromatic rings. The second-order valence-corrected chi connectivity index (χ2v) is 9.66. The molecule has 0 radical (unpaired) electrons. The van der Waals surface area contributed by atoms with Crippen LogP contribution in [0.1, 0.15) is 5.56 Å². The number of phenols is 1. The maximum absolute atomic E-state index is 12.3. The standard InChI is InChI=1S/C24H29ClO12/c25-21-17(29)13-7-8-34-22(37-23-20(32)19(31)18(30)14(9-26)36-23)16(13)24(21,33)10-35-15(28)6-3-11-1-4-12(27)5-2-11/h1-8,13-14,16-23,26-27,29-33H,9-10H2/t13-,14-,16-,17+,18-,19+,20-,21-,22+,23+,24-/m1/s1. The highest BCUT2D eigenvalue weighted by molar-refractivity contribution is 6.22. The van der Waals surface area contributed by atoms with Crippen LogP contribution in [0.15, 0.2) is 42.7 Å². The Labute approximate surface area is 216 Å². The Bertz CT molecular complexity index is 1000. The zero-order valence-corrected chi connectivity index (χ0v) is 20.1. The molecular formula is C24H29ClO12. The molecule has 204 valence electrons. The summed E-state index contributed by atoms with van der Waals surface area (Å²) in [6.45, 7) is -1.33. The lowest BCUT2D eigenvalue weighted by molar-refractivity contribution is -0.347. The van der Waals surface area contributed by atoms with E-state index in [0.717, 1.165) is 6.08 Å². The zero-order valence-electron chi connectivity index (χ0n) is 19.4. The molecule has 1 aromatic carbocycles. The van der Waals surface area contributed by atoms with Crippen molar-refractivity contribution in [2.24, 2.45) is 11.8 Å². The number of fused-ring (bicyclic) bond motifs is 1. The molecule has 4 rings (SSSR count). The van der Waals surface area contributed by atoms with Gasteiger partial charge in [0.2, 0.25) is 6.29 Å². The van der Waals surface area contributed by atoms with E-state index in [1.165, 1.54) is 30.5 Å². The molecule has 37 heavy (non-hydrogen) atoms. The Hall–Kier alpha value is -2.26. The SMILES string of the molecule is O=C(C=Cc1ccc(O)cc1)OC[C@@]1(O)[C@H]2[C@H](O[C@@H]3O[C@H](CO)[C@@H](O)[C@H](O)[C@H]3O)OC=C[C@H]2[C@H](O)[C@H]1Cl. The number of esters is 1. The fourth-order valence-corrected chi connectivity index (χ4v) is 5.13. The number of benzene rings is 1. The number of ether oxygens (including phenoxy) is 4. The predicted octanol–water partition coefficient (Wildman–Crippen LogP) is -1.42. The van der Waals surface area contributed by atoms with Crippen LogP contribution in [0.25, 0.3) is 6.08 Å². The molecule has 1 saturated heterocycles. The van der Waals surface area contributed by atoms with E-state index in [2.05, 4.69) is 0 Å². The third-order valence-electron chi connectivity index (χ3n) is 6.84. The van der Waals surface area contributed by atoms with Crippen molar-refractivity contribution in [2.45, 2.75) is 54.1 Å². The van der Waals surface area contributed by atoms with Crippen molar-refractivity contribution in [3.8, 4) is 5.75 Å². The van der Waals surface area contributed by atoms with Crippen LogP contribution in [0.4, 0.5) is 0 Å². The summed E-state index contributed by atoms with van der Waals surface area (Å²) >= 11 is 6.38. The van der Waals surface area contributed by atoms with Gasteiger partial charge < -0.3 is 54.7 Å². The molecule has 0 aromatic heterocycles. The number of halogens is 1. The average molecular weight is 545 g/mol. The molecule has 7 N–H and O–H groups in total. The molecule has 0 spiro atoms. The first-order valence-electron chi connectivity index (χ1n) is 11.5. The minimum absolute atomic E-state index is 0.0636. The van der Waals surface area contributed by atoms with E-state index in [9.17, 15) is 40.5 Å². The summed E-state index contributed by atoms with van der Waals surface area (Å²) in [7, 11) is 0. The normalized spacial score (nSPS) is 41.4. The quantitative estimate of drug-likeness (QED) is 0.120. The largest absolute Gasteiger partial charge is 0.508 e. The van der Waals surface area contributed by atoms with Gasteiger partial charge in [0.05, 0.1) is 30.3 Å². The van der Waals surface area contributed by atoms with Crippen LogP contribution < -0.4 is 0 Å². The van der Waals surface area contributed by atoms with Gasteiger partial charge in [0.25, 0.3) is 0 Å². The Morgan fingerprint density at radius 2 is 1.76 bits per heavy atom. The van der Waals surface area contributed by atoms with E-state index in [0.29, 0.717) is 5.56 Å². The van der Waals surface area contributed by atoms with E-state index in [4.69, 9.17) is 30.5 Å². The molecule has 0 unspecified atom stereocenters. The summed E-state index contributed by atoms with van der Waals surface area (Å²) < 4.78 is 21.8. The smallest absolute Gasteiger partial charge is 0.330 e. The van der Waals surface area contributed by atoms with Gasteiger partial charge in [-0.25, -0.2) is 4.79 Å². The van der Waals surface area contributed by atoms with Gasteiger partial charge in [0.1, 0.15) is 42.4 Å². The Morgan fingerprint density at radius 3 is 2.43 bits per heavy atom. The number of carbonyl (C=O) groups excluding carboxylic acids is 1. The molecule has 1 aliphatic carbocycles. The van der Waals surface area contributed by atoms with Crippen molar-refractivity contribution in [1.82, 2.24) is 0 Å². The van der Waals surface area contributed by atoms with Crippen LogP contribution in [0, 0.1) is 11.8 Å². The van der Waals surface area contributed by atoms with Gasteiger partial charge in [0.15, 0.2) is 6.29 Å². The summed E-state index contributed by atoms with van der Waals surface area (Å²) in [6, 6.07) is 6.04. The molecule has 13 heteroatoms. The fraction of sp³-hybridized carbons (Fsp3) is 0.542. The van der Waals surface area contributed by atoms with Crippen molar-refractivity contribution < 1.29 is 59.5 Å². The van der Waals surface area contributed by atoms with Crippen molar-refractivity contribution >= 4 is 23.6 Å². The summed E-state index contributed by atoms with van der Waals surface area (Å²) in [5.74, 6) is -2.67. The topological polar surface area (TPSA) is 196 Å². The molecule has 2 aliphatic heterocycles. The number of alkyl halides is 1. The van der Waals surface area contributed by atoms with E-state index in [1.54, 1.807) is 12.1 Å². The number of hydrogen-bond acceptors (Lipinski definition) is 12. The van der Waals surface area contributed by atoms with Crippen LogP contribution in [-0.4, -0.2) is 109 Å². The van der Waals surface area contributed by atoms with Crippen molar-refractivity contribution in [3.63, 3.8) is 0 Å². The van der Waals surface area contributed by atoms with Crippen LogP contribution in [0.3, 0.4) is 0 Å². The first kappa shape index (κ1) is 27.8. The first-order chi connectivity index (χ1) is 17.6. The number of phenolic OH excluding ortho intramolecular Hbond substituents is 1. The van der Waals surface area contributed by atoms with Gasteiger partial charge in [-0.15, -0.1) is 11.6 Å². The number of carbonyl (C=O) groups is 1. The molecular weight excluding hydrogens is 516 g/mol. The minimum atomic E-state index is -2.06. The predicted molar refractivity (Wildman–Crippen MR) is 125 cm³/mol. The van der Waals surface area contributed by atoms with E-state index >= 15 is 0 Å². The van der Waals surface area contributed by atoms with Crippen LogP contribution in [0.5, 0.6) is 5.75 Å². The number of hydrogen-bond donors (Lipinski definition) is 7. The summed E-state index contributed by atoms with van der Waals surface area (Å²) in [5.41, 5.74) is -1.45. The third kappa shape index (κ3) is 5.48. The highest BCUT2D eigenvalue weighted by Gasteiger charge is 2.64. The van der Waals surface area contributed by atoms with Crippen molar-refractivity contribution in [3.05, 3.63) is 48.2 Å². The second-order valence-electron chi connectivity index (χ2n) is 9.19. The number of aromatic hydroxyl groups is 1. The van der Waals surface area contributed by atoms with Crippen molar-refractivity contribution in [1.29, 1.82) is 0 Å². The lowest BCUT2D eigenvalue weighted by Crippen LogP contribution is -2.61. The van der Waals surface area contributed by atoms with Gasteiger partial charge in [-0.2, -0.15) is 0 Å². The zero-order chi connectivity index (χ0) is 26.9. The highest BCUT2D eigenvalue weighted by Crippen LogP contribution is 2.49. The summed E-state index contributed by atoms with van der Waals surface area (Å²) in [5, 5.41) is 70.0. The molecule has 1 saturated carbocycles. The van der Waals surface area contributed by atoms with E-state index in [-0.39, 0.29) is 5.75 Å². The number of aliphatic hydroxyl groups is 6. The number of aliphatic hydroxyl groups excluding tert-OH is 5. The van der Waals surface area contributed by atoms with Crippen LogP contribution in [0.2, 0.25) is 0 Å². The molecule has 0 amide bonds. The third-order valence-corrected chi connectivity index (χ3v) is 7.47. The fourth-order valence-electron chi connectivity index (χ4n) is 4.76. The minimum Gasteiger partial charge on any atom is -0.508 e. The van der Waals surface area contributed by atoms with Crippen LogP contribution >= 0.6 is 11.6 Å². The Morgan fingerprint density at radius 1 is 1.05 bits per heavy atom. The lowest BCUT2D eigenvalue weighted by atomic mass is 9.84. The maximum atomic E-state index is 12.3. The average Bonchev–Trinajstić information content (AvgIpc) is 3.09. The first-order valence-corrected chi connectivity index (χ1v) is 12.0. The molecule has 2 fully saturated rings. The Balaban J connectivity index is 1.48. The Kier molecular flexibility index (Phi) is 8.43. The van der Waals surface area contributed by atoms with E-state index < -0.39 is 85.1 Å². The molecule has 0 bridgehead atoms. The summed E-state index contributed by atoms with van der Waals surface area (Å²) in [4.78, 5) is 12.3. The van der Waals surface area contributed by atoms with Crippen molar-refractivity contribution in [2.75, 3.05) is 13.2 Å². The second kappa shape index (κ2) is 11.2. The maximum Gasteiger partial charge on any atom is 0.330 e. The number of rotatable bonds is 7. The monoisotopic (exact) mass is 544 g/mol. The van der Waals surface area contributed by atoms with Gasteiger partial charge in [-0.05, 0) is 29.8 Å². The van der Waals surface area contributed by atoms with Gasteiger partial charge >= 0.3 is 5.97 Å². The van der Waals surface area contributed by atoms with E-state index in [1.807, 2.05) is 0 Å². The van der Waals surface area contributed by atoms with Gasteiger partial charge in [-0.1, -0.05) is 12.1 Å². The highest BCUT2D eigenvalue weighted by atomic mass is 35.5. The van der Waals surface area contributed by atoms with Gasteiger partial charge in [-0.3, -0.25) is 0 Å². The summed E-state index contributed by atoms with van der Waals surface area (Å²) in [6.07, 6.45) is -5.34.